The number of halogens is 1. The first kappa shape index (κ1) is 24.1. The van der Waals surface area contributed by atoms with Gasteiger partial charge in [-0.25, -0.2) is 8.42 Å². The van der Waals surface area contributed by atoms with Crippen LogP contribution in [0.15, 0.2) is 26.7 Å². The number of piperidine rings is 1. The number of aliphatic imine (C=N–C) groups is 1. The first-order valence-corrected chi connectivity index (χ1v) is 10.9. The number of carbonyl (C=O) groups is 1. The van der Waals surface area contributed by atoms with Gasteiger partial charge in [-0.05, 0) is 30.2 Å². The molecular formula is C16H28IN5O3S2. The maximum absolute atomic E-state index is 12.4. The fraction of sp³-hybridized carbons (Fsp3) is 0.625. The van der Waals surface area contributed by atoms with E-state index in [1.54, 1.807) is 31.6 Å². The number of primary amides is 1. The van der Waals surface area contributed by atoms with Crippen molar-refractivity contribution < 1.29 is 13.2 Å². The van der Waals surface area contributed by atoms with E-state index in [0.29, 0.717) is 23.7 Å². The van der Waals surface area contributed by atoms with Crippen molar-refractivity contribution in [3.63, 3.8) is 0 Å². The van der Waals surface area contributed by atoms with Crippen LogP contribution in [0, 0.1) is 5.92 Å². The minimum absolute atomic E-state index is 0. The van der Waals surface area contributed by atoms with Crippen molar-refractivity contribution in [2.45, 2.75) is 23.5 Å². The Labute approximate surface area is 182 Å². The Bertz CT molecular complexity index is 724. The molecule has 11 heteroatoms. The molecule has 1 atom stereocenters. The molecule has 1 aromatic rings. The first-order chi connectivity index (χ1) is 12.3. The van der Waals surface area contributed by atoms with Crippen molar-refractivity contribution in [1.82, 2.24) is 14.5 Å². The second-order valence-corrected chi connectivity index (χ2v) is 9.58. The molecule has 1 saturated heterocycles. The van der Waals surface area contributed by atoms with Gasteiger partial charge in [0.2, 0.25) is 5.91 Å². The van der Waals surface area contributed by atoms with Crippen LogP contribution in [0.4, 0.5) is 0 Å². The molecule has 0 aliphatic carbocycles. The Balaban J connectivity index is 0.00000364. The first-order valence-electron chi connectivity index (χ1n) is 8.58. The van der Waals surface area contributed by atoms with Crippen molar-refractivity contribution in [1.29, 1.82) is 0 Å². The Kier molecular flexibility index (Phi) is 9.98. The maximum atomic E-state index is 12.4. The number of hydrogen-bond acceptors (Lipinski definition) is 5. The SMILES string of the molecule is CN=C(NCCN(C)S(=O)(=O)c1cccs1)N1CCCC(CC(N)=O)C1.I. The molecule has 0 bridgehead atoms. The zero-order chi connectivity index (χ0) is 19.2. The monoisotopic (exact) mass is 529 g/mol. The van der Waals surface area contributed by atoms with E-state index in [2.05, 4.69) is 15.2 Å². The number of carbonyl (C=O) groups excluding carboxylic acids is 1. The second kappa shape index (κ2) is 11.2. The van der Waals surface area contributed by atoms with Gasteiger partial charge in [-0.3, -0.25) is 9.79 Å². The lowest BCUT2D eigenvalue weighted by Gasteiger charge is -2.34. The number of thiophene rings is 1. The fourth-order valence-electron chi connectivity index (χ4n) is 3.05. The lowest BCUT2D eigenvalue weighted by molar-refractivity contribution is -0.119. The van der Waals surface area contributed by atoms with Crippen LogP contribution < -0.4 is 11.1 Å². The predicted molar refractivity (Wildman–Crippen MR) is 119 cm³/mol. The molecule has 2 heterocycles. The summed E-state index contributed by atoms with van der Waals surface area (Å²) in [6.45, 7) is 2.37. The number of nitrogens with one attached hydrogen (secondary N) is 1. The van der Waals surface area contributed by atoms with Gasteiger partial charge in [-0.1, -0.05) is 6.07 Å². The molecule has 1 aliphatic rings. The van der Waals surface area contributed by atoms with Crippen LogP contribution >= 0.6 is 35.3 Å². The van der Waals surface area contributed by atoms with Crippen molar-refractivity contribution in [2.24, 2.45) is 16.6 Å². The molecule has 1 unspecified atom stereocenters. The number of sulfonamides is 1. The predicted octanol–water partition coefficient (Wildman–Crippen LogP) is 1.15. The molecule has 0 saturated carbocycles. The van der Waals surface area contributed by atoms with Gasteiger partial charge in [0, 0.05) is 46.7 Å². The highest BCUT2D eigenvalue weighted by atomic mass is 127. The van der Waals surface area contributed by atoms with Crippen LogP contribution in [0.5, 0.6) is 0 Å². The lowest BCUT2D eigenvalue weighted by Crippen LogP contribution is -2.48. The smallest absolute Gasteiger partial charge is 0.252 e. The molecule has 0 spiro atoms. The van der Waals surface area contributed by atoms with Gasteiger partial charge in [0.15, 0.2) is 5.96 Å². The molecule has 1 fully saturated rings. The van der Waals surface area contributed by atoms with E-state index < -0.39 is 10.0 Å². The van der Waals surface area contributed by atoms with E-state index in [-0.39, 0.29) is 35.8 Å². The Morgan fingerprint density at radius 2 is 2.26 bits per heavy atom. The minimum Gasteiger partial charge on any atom is -0.370 e. The van der Waals surface area contributed by atoms with Crippen molar-refractivity contribution in [2.75, 3.05) is 40.3 Å². The Morgan fingerprint density at radius 3 is 2.85 bits per heavy atom. The van der Waals surface area contributed by atoms with Gasteiger partial charge in [-0.15, -0.1) is 35.3 Å². The van der Waals surface area contributed by atoms with Crippen LogP contribution in [-0.4, -0.2) is 69.8 Å². The number of nitrogens with two attached hydrogens (primary N) is 1. The molecular weight excluding hydrogens is 501 g/mol. The van der Waals surface area contributed by atoms with Gasteiger partial charge in [-0.2, -0.15) is 4.31 Å². The van der Waals surface area contributed by atoms with Gasteiger partial charge < -0.3 is 16.0 Å². The number of nitrogens with zero attached hydrogens (tertiary/aromatic N) is 3. The van der Waals surface area contributed by atoms with Crippen LogP contribution in [0.2, 0.25) is 0 Å². The van der Waals surface area contributed by atoms with Gasteiger partial charge in [0.1, 0.15) is 4.21 Å². The van der Waals surface area contributed by atoms with E-state index in [1.165, 1.54) is 15.6 Å². The minimum atomic E-state index is -3.44. The summed E-state index contributed by atoms with van der Waals surface area (Å²) in [7, 11) is -0.167. The number of likely N-dealkylation sites (N-methyl/N-ethyl adjacent to an activating group) is 1. The fourth-order valence-corrected chi connectivity index (χ4v) is 5.42. The summed E-state index contributed by atoms with van der Waals surface area (Å²) < 4.78 is 26.5. The van der Waals surface area contributed by atoms with Crippen molar-refractivity contribution in [3.8, 4) is 0 Å². The Morgan fingerprint density at radius 1 is 1.52 bits per heavy atom. The number of rotatable bonds is 7. The standard InChI is InChI=1S/C16H27N5O3S2.HI/c1-18-16(21-8-3-5-13(12-21)11-14(17)22)19-7-9-20(2)26(23,24)15-6-4-10-25-15;/h4,6,10,13H,3,5,7-9,11-12H2,1-2H3,(H2,17,22)(H,18,19);1H. The van der Waals surface area contributed by atoms with Crippen LogP contribution in [0.25, 0.3) is 0 Å². The van der Waals surface area contributed by atoms with E-state index in [9.17, 15) is 13.2 Å². The summed E-state index contributed by atoms with van der Waals surface area (Å²) in [5, 5.41) is 4.97. The summed E-state index contributed by atoms with van der Waals surface area (Å²) >= 11 is 1.21. The zero-order valence-electron chi connectivity index (χ0n) is 15.6. The van der Waals surface area contributed by atoms with E-state index in [4.69, 9.17) is 5.73 Å². The highest BCUT2D eigenvalue weighted by Crippen LogP contribution is 2.20. The normalized spacial score (nSPS) is 18.3. The topological polar surface area (TPSA) is 108 Å². The lowest BCUT2D eigenvalue weighted by atomic mass is 9.95. The molecule has 154 valence electrons. The molecule has 2 rings (SSSR count). The maximum Gasteiger partial charge on any atom is 0.252 e. The van der Waals surface area contributed by atoms with Gasteiger partial charge >= 0.3 is 0 Å². The van der Waals surface area contributed by atoms with Crippen molar-refractivity contribution >= 4 is 57.2 Å². The van der Waals surface area contributed by atoms with Crippen LogP contribution in [0.1, 0.15) is 19.3 Å². The van der Waals surface area contributed by atoms with E-state index >= 15 is 0 Å². The summed E-state index contributed by atoms with van der Waals surface area (Å²) in [6, 6.07) is 3.33. The molecule has 1 aromatic heterocycles. The van der Waals surface area contributed by atoms with E-state index in [0.717, 1.165) is 31.9 Å². The Hall–Kier alpha value is -0.920. The third kappa shape index (κ3) is 6.88. The van der Waals surface area contributed by atoms with Gasteiger partial charge in [0.25, 0.3) is 10.0 Å². The summed E-state index contributed by atoms with van der Waals surface area (Å²) in [4.78, 5) is 17.5. The molecule has 27 heavy (non-hydrogen) atoms. The largest absolute Gasteiger partial charge is 0.370 e. The molecule has 0 aromatic carbocycles. The molecule has 1 amide bonds. The van der Waals surface area contributed by atoms with Crippen LogP contribution in [-0.2, 0) is 14.8 Å². The zero-order valence-corrected chi connectivity index (χ0v) is 19.6. The molecule has 0 radical (unpaired) electrons. The second-order valence-electron chi connectivity index (χ2n) is 6.36. The van der Waals surface area contributed by atoms with Gasteiger partial charge in [0.05, 0.1) is 0 Å². The average molecular weight is 529 g/mol. The highest BCUT2D eigenvalue weighted by molar-refractivity contribution is 14.0. The number of amides is 1. The number of likely N-dealkylation sites (tertiary alicyclic amines) is 1. The van der Waals surface area contributed by atoms with E-state index in [1.807, 2.05) is 0 Å². The molecule has 1 aliphatic heterocycles. The summed E-state index contributed by atoms with van der Waals surface area (Å²) in [5.74, 6) is 0.683. The summed E-state index contributed by atoms with van der Waals surface area (Å²) in [6.07, 6.45) is 2.35. The highest BCUT2D eigenvalue weighted by Gasteiger charge is 2.24. The number of guanidine groups is 1. The third-order valence-corrected chi connectivity index (χ3v) is 7.62. The quantitative estimate of drug-likeness (QED) is 0.313. The summed E-state index contributed by atoms with van der Waals surface area (Å²) in [5.41, 5.74) is 5.31. The number of hydrogen-bond donors (Lipinski definition) is 2. The third-order valence-electron chi connectivity index (χ3n) is 4.39. The molecule has 3 N–H and O–H groups in total. The van der Waals surface area contributed by atoms with Crippen molar-refractivity contribution in [3.05, 3.63) is 17.5 Å². The van der Waals surface area contributed by atoms with Crippen LogP contribution in [0.3, 0.4) is 0 Å². The average Bonchev–Trinajstić information content (AvgIpc) is 3.13. The molecule has 8 nitrogen and oxygen atoms in total.